The second-order valence-electron chi connectivity index (χ2n) is 3.84. The summed E-state index contributed by atoms with van der Waals surface area (Å²) in [6.07, 6.45) is 2.58. The van der Waals surface area contributed by atoms with Gasteiger partial charge in [0.15, 0.2) is 5.82 Å². The maximum atomic E-state index is 13.7. The van der Waals surface area contributed by atoms with E-state index in [2.05, 4.69) is 9.97 Å². The van der Waals surface area contributed by atoms with Crippen LogP contribution in [0.3, 0.4) is 0 Å². The van der Waals surface area contributed by atoms with Crippen LogP contribution in [0.15, 0.2) is 23.3 Å². The molecule has 4 nitrogen and oxygen atoms in total. The zero-order valence-electron chi connectivity index (χ0n) is 9.94. The van der Waals surface area contributed by atoms with Gasteiger partial charge in [0.2, 0.25) is 5.28 Å². The molecule has 0 radical (unpaired) electrons. The lowest BCUT2D eigenvalue weighted by molar-refractivity contribution is 0.617. The third-order valence-corrected chi connectivity index (χ3v) is 2.78. The standard InChI is InChI=1S/C12H11ClFN3O/c1-3-17-6-8(4-7(2)11(17)18)10-9(14)5-15-12(13)16-10/h4-6H,3H2,1-2H3. The molecule has 0 aliphatic carbocycles. The lowest BCUT2D eigenvalue weighted by Crippen LogP contribution is -2.21. The minimum Gasteiger partial charge on any atom is -0.315 e. The van der Waals surface area contributed by atoms with E-state index in [9.17, 15) is 9.18 Å². The number of hydrogen-bond acceptors (Lipinski definition) is 3. The number of rotatable bonds is 2. The van der Waals surface area contributed by atoms with Crippen LogP contribution in [0.4, 0.5) is 4.39 Å². The van der Waals surface area contributed by atoms with E-state index in [-0.39, 0.29) is 16.5 Å². The van der Waals surface area contributed by atoms with Gasteiger partial charge in [-0.1, -0.05) is 0 Å². The highest BCUT2D eigenvalue weighted by molar-refractivity contribution is 6.28. The van der Waals surface area contributed by atoms with E-state index in [1.54, 1.807) is 19.2 Å². The van der Waals surface area contributed by atoms with Crippen LogP contribution in [0.1, 0.15) is 12.5 Å². The molecule has 2 heterocycles. The summed E-state index contributed by atoms with van der Waals surface area (Å²) in [5, 5.41) is -0.0294. The van der Waals surface area contributed by atoms with Gasteiger partial charge in [0.1, 0.15) is 5.69 Å². The predicted molar refractivity (Wildman–Crippen MR) is 67.1 cm³/mol. The monoisotopic (exact) mass is 267 g/mol. The van der Waals surface area contributed by atoms with E-state index in [4.69, 9.17) is 11.6 Å². The Hall–Kier alpha value is -1.75. The fraction of sp³-hybridized carbons (Fsp3) is 0.250. The van der Waals surface area contributed by atoms with Crippen LogP contribution in [-0.2, 0) is 6.54 Å². The molecule has 0 aliphatic heterocycles. The molecule has 0 saturated carbocycles. The zero-order chi connectivity index (χ0) is 13.3. The van der Waals surface area contributed by atoms with Crippen molar-refractivity contribution in [1.82, 2.24) is 14.5 Å². The highest BCUT2D eigenvalue weighted by Gasteiger charge is 2.11. The average Bonchev–Trinajstić information content (AvgIpc) is 2.35. The molecule has 2 aromatic heterocycles. The van der Waals surface area contributed by atoms with Gasteiger partial charge < -0.3 is 4.57 Å². The molecule has 2 aromatic rings. The van der Waals surface area contributed by atoms with Crippen molar-refractivity contribution in [2.45, 2.75) is 20.4 Å². The van der Waals surface area contributed by atoms with Gasteiger partial charge in [-0.2, -0.15) is 0 Å². The SMILES string of the molecule is CCn1cc(-c2nc(Cl)ncc2F)cc(C)c1=O. The first kappa shape index (κ1) is 12.7. The summed E-state index contributed by atoms with van der Waals surface area (Å²) in [7, 11) is 0. The molecule has 0 aromatic carbocycles. The summed E-state index contributed by atoms with van der Waals surface area (Å²) in [6.45, 7) is 4.03. The van der Waals surface area contributed by atoms with Crippen LogP contribution in [0.2, 0.25) is 5.28 Å². The van der Waals surface area contributed by atoms with E-state index in [1.807, 2.05) is 6.92 Å². The first-order valence-electron chi connectivity index (χ1n) is 5.42. The number of halogens is 2. The van der Waals surface area contributed by atoms with E-state index in [0.717, 1.165) is 6.20 Å². The molecule has 0 amide bonds. The van der Waals surface area contributed by atoms with Gasteiger partial charge in [0, 0.05) is 23.9 Å². The fourth-order valence-electron chi connectivity index (χ4n) is 1.70. The van der Waals surface area contributed by atoms with Crippen molar-refractivity contribution < 1.29 is 4.39 Å². The number of aromatic nitrogens is 3. The van der Waals surface area contributed by atoms with Gasteiger partial charge in [0.25, 0.3) is 5.56 Å². The van der Waals surface area contributed by atoms with E-state index >= 15 is 0 Å². The molecule has 0 unspecified atom stereocenters. The third-order valence-electron chi connectivity index (χ3n) is 2.59. The number of nitrogens with zero attached hydrogens (tertiary/aromatic N) is 3. The van der Waals surface area contributed by atoms with E-state index in [0.29, 0.717) is 17.7 Å². The molecule has 0 bridgehead atoms. The number of aryl methyl sites for hydroxylation is 2. The molecule has 94 valence electrons. The molecular formula is C12H11ClFN3O. The first-order valence-corrected chi connectivity index (χ1v) is 5.80. The maximum Gasteiger partial charge on any atom is 0.253 e. The van der Waals surface area contributed by atoms with Gasteiger partial charge in [-0.05, 0) is 31.5 Å². The topological polar surface area (TPSA) is 47.8 Å². The largest absolute Gasteiger partial charge is 0.315 e. The summed E-state index contributed by atoms with van der Waals surface area (Å²) in [5.74, 6) is -0.569. The highest BCUT2D eigenvalue weighted by atomic mass is 35.5. The Balaban J connectivity index is 2.68. The van der Waals surface area contributed by atoms with Crippen molar-refractivity contribution >= 4 is 11.6 Å². The van der Waals surface area contributed by atoms with Crippen LogP contribution < -0.4 is 5.56 Å². The Morgan fingerprint density at radius 1 is 1.50 bits per heavy atom. The normalized spacial score (nSPS) is 10.7. The van der Waals surface area contributed by atoms with Crippen molar-refractivity contribution in [2.75, 3.05) is 0 Å². The molecule has 0 atom stereocenters. The van der Waals surface area contributed by atoms with Crippen molar-refractivity contribution in [2.24, 2.45) is 0 Å². The molecule has 0 fully saturated rings. The van der Waals surface area contributed by atoms with Crippen LogP contribution in [0.5, 0.6) is 0 Å². The average molecular weight is 268 g/mol. The first-order chi connectivity index (χ1) is 8.52. The van der Waals surface area contributed by atoms with Gasteiger partial charge >= 0.3 is 0 Å². The quantitative estimate of drug-likeness (QED) is 0.785. The minimum atomic E-state index is -0.569. The van der Waals surface area contributed by atoms with Crippen LogP contribution in [0, 0.1) is 12.7 Å². The highest BCUT2D eigenvalue weighted by Crippen LogP contribution is 2.21. The Labute approximate surface area is 108 Å². The van der Waals surface area contributed by atoms with E-state index < -0.39 is 5.82 Å². The van der Waals surface area contributed by atoms with Crippen molar-refractivity contribution in [3.63, 3.8) is 0 Å². The summed E-state index contributed by atoms with van der Waals surface area (Å²) in [4.78, 5) is 19.2. The summed E-state index contributed by atoms with van der Waals surface area (Å²) in [5.41, 5.74) is 1.04. The summed E-state index contributed by atoms with van der Waals surface area (Å²) >= 11 is 5.65. The van der Waals surface area contributed by atoms with Crippen LogP contribution in [-0.4, -0.2) is 14.5 Å². The minimum absolute atomic E-state index is 0.0294. The van der Waals surface area contributed by atoms with Crippen LogP contribution >= 0.6 is 11.6 Å². The Morgan fingerprint density at radius 3 is 2.89 bits per heavy atom. The summed E-state index contributed by atoms with van der Waals surface area (Å²) in [6, 6.07) is 1.59. The molecule has 6 heteroatoms. The molecule has 0 aliphatic rings. The van der Waals surface area contributed by atoms with Gasteiger partial charge in [0.05, 0.1) is 6.20 Å². The smallest absolute Gasteiger partial charge is 0.253 e. The molecular weight excluding hydrogens is 257 g/mol. The lowest BCUT2D eigenvalue weighted by atomic mass is 10.1. The second-order valence-corrected chi connectivity index (χ2v) is 4.18. The fourth-order valence-corrected chi connectivity index (χ4v) is 1.83. The Bertz CT molecular complexity index is 654. The molecule has 0 saturated heterocycles. The van der Waals surface area contributed by atoms with Gasteiger partial charge in [-0.15, -0.1) is 0 Å². The van der Waals surface area contributed by atoms with Crippen LogP contribution in [0.25, 0.3) is 11.3 Å². The summed E-state index contributed by atoms with van der Waals surface area (Å²) < 4.78 is 15.2. The zero-order valence-corrected chi connectivity index (χ0v) is 10.7. The van der Waals surface area contributed by atoms with Gasteiger partial charge in [-0.25, -0.2) is 14.4 Å². The number of hydrogen-bond donors (Lipinski definition) is 0. The van der Waals surface area contributed by atoms with Crippen molar-refractivity contribution in [3.8, 4) is 11.3 Å². The van der Waals surface area contributed by atoms with Crippen molar-refractivity contribution in [1.29, 1.82) is 0 Å². The molecule has 18 heavy (non-hydrogen) atoms. The second kappa shape index (κ2) is 4.86. The molecule has 0 N–H and O–H groups in total. The Morgan fingerprint density at radius 2 is 2.22 bits per heavy atom. The van der Waals surface area contributed by atoms with E-state index in [1.165, 1.54) is 4.57 Å². The van der Waals surface area contributed by atoms with Crippen molar-refractivity contribution in [3.05, 3.63) is 45.5 Å². The maximum absolute atomic E-state index is 13.7. The molecule has 0 spiro atoms. The lowest BCUT2D eigenvalue weighted by Gasteiger charge is -2.08. The molecule has 2 rings (SSSR count). The number of pyridine rings is 1. The Kier molecular flexibility index (Phi) is 3.43. The third kappa shape index (κ3) is 2.26. The van der Waals surface area contributed by atoms with Gasteiger partial charge in [-0.3, -0.25) is 4.79 Å². The predicted octanol–water partition coefficient (Wildman–Crippen LogP) is 2.43.